The van der Waals surface area contributed by atoms with Crippen LogP contribution in [0.3, 0.4) is 0 Å². The minimum Gasteiger partial charge on any atom is -0.497 e. The topological polar surface area (TPSA) is 9.23 Å². The first kappa shape index (κ1) is 9.85. The van der Waals surface area contributed by atoms with Gasteiger partial charge in [0, 0.05) is 0 Å². The number of ether oxygens (including phenoxy) is 1. The van der Waals surface area contributed by atoms with Crippen molar-refractivity contribution < 1.29 is 4.74 Å². The van der Waals surface area contributed by atoms with Gasteiger partial charge in [-0.2, -0.15) is 0 Å². The van der Waals surface area contributed by atoms with E-state index in [4.69, 9.17) is 16.3 Å². The molecule has 1 aliphatic carbocycles. The summed E-state index contributed by atoms with van der Waals surface area (Å²) in [4.78, 5) is 0. The number of methoxy groups -OCH3 is 1. The van der Waals surface area contributed by atoms with Crippen molar-refractivity contribution in [3.63, 3.8) is 0 Å². The Morgan fingerprint density at radius 3 is 2.86 bits per heavy atom. The molecule has 0 amide bonds. The molecular formula is C12H15ClO. The molecule has 1 aromatic rings. The van der Waals surface area contributed by atoms with Crippen LogP contribution in [0.5, 0.6) is 5.75 Å². The Hall–Kier alpha value is -0.690. The maximum absolute atomic E-state index is 6.29. The SMILES string of the molecule is CCC1CC(Cl)c2cc(OC)ccc21. The summed E-state index contributed by atoms with van der Waals surface area (Å²) in [7, 11) is 1.69. The number of benzene rings is 1. The van der Waals surface area contributed by atoms with Crippen molar-refractivity contribution in [2.45, 2.75) is 31.1 Å². The van der Waals surface area contributed by atoms with E-state index in [0.717, 1.165) is 12.2 Å². The largest absolute Gasteiger partial charge is 0.497 e. The van der Waals surface area contributed by atoms with Crippen LogP contribution < -0.4 is 4.74 Å². The van der Waals surface area contributed by atoms with Crippen molar-refractivity contribution >= 4 is 11.6 Å². The fourth-order valence-corrected chi connectivity index (χ4v) is 2.62. The molecule has 0 aliphatic heterocycles. The highest BCUT2D eigenvalue weighted by Gasteiger charge is 2.28. The second-order valence-electron chi connectivity index (χ2n) is 3.80. The average molecular weight is 211 g/mol. The lowest BCUT2D eigenvalue weighted by atomic mass is 9.99. The van der Waals surface area contributed by atoms with Gasteiger partial charge in [0.2, 0.25) is 0 Å². The van der Waals surface area contributed by atoms with Crippen LogP contribution in [0.15, 0.2) is 18.2 Å². The number of hydrogen-bond acceptors (Lipinski definition) is 1. The van der Waals surface area contributed by atoms with Gasteiger partial charge in [0.05, 0.1) is 12.5 Å². The van der Waals surface area contributed by atoms with E-state index in [0.29, 0.717) is 5.92 Å². The average Bonchev–Trinajstić information content (AvgIpc) is 2.55. The molecule has 2 atom stereocenters. The zero-order valence-corrected chi connectivity index (χ0v) is 9.34. The van der Waals surface area contributed by atoms with Gasteiger partial charge in [-0.05, 0) is 42.0 Å². The first-order chi connectivity index (χ1) is 6.76. The van der Waals surface area contributed by atoms with E-state index < -0.39 is 0 Å². The lowest BCUT2D eigenvalue weighted by molar-refractivity contribution is 0.414. The summed E-state index contributed by atoms with van der Waals surface area (Å²) < 4.78 is 5.20. The van der Waals surface area contributed by atoms with Crippen LogP contribution in [-0.2, 0) is 0 Å². The molecule has 0 aromatic heterocycles. The van der Waals surface area contributed by atoms with E-state index in [-0.39, 0.29) is 5.38 Å². The summed E-state index contributed by atoms with van der Waals surface area (Å²) in [6.45, 7) is 2.22. The van der Waals surface area contributed by atoms with E-state index in [1.165, 1.54) is 17.5 Å². The van der Waals surface area contributed by atoms with E-state index in [9.17, 15) is 0 Å². The Morgan fingerprint density at radius 1 is 1.43 bits per heavy atom. The molecule has 0 fully saturated rings. The van der Waals surface area contributed by atoms with Crippen LogP contribution in [0.4, 0.5) is 0 Å². The lowest BCUT2D eigenvalue weighted by Crippen LogP contribution is -1.91. The first-order valence-electron chi connectivity index (χ1n) is 5.08. The Bertz CT molecular complexity index is 335. The number of rotatable bonds is 2. The number of hydrogen-bond donors (Lipinski definition) is 0. The van der Waals surface area contributed by atoms with Crippen molar-refractivity contribution in [3.05, 3.63) is 29.3 Å². The Kier molecular flexibility index (Phi) is 2.69. The highest BCUT2D eigenvalue weighted by molar-refractivity contribution is 6.21. The predicted molar refractivity (Wildman–Crippen MR) is 59.2 cm³/mol. The number of alkyl halides is 1. The molecule has 14 heavy (non-hydrogen) atoms. The van der Waals surface area contributed by atoms with E-state index in [2.05, 4.69) is 19.1 Å². The summed E-state index contributed by atoms with van der Waals surface area (Å²) in [6, 6.07) is 6.25. The molecule has 0 spiro atoms. The summed E-state index contributed by atoms with van der Waals surface area (Å²) >= 11 is 6.29. The molecule has 2 heteroatoms. The lowest BCUT2D eigenvalue weighted by Gasteiger charge is -2.08. The van der Waals surface area contributed by atoms with Crippen molar-refractivity contribution in [2.24, 2.45) is 0 Å². The van der Waals surface area contributed by atoms with Gasteiger partial charge >= 0.3 is 0 Å². The van der Waals surface area contributed by atoms with Gasteiger partial charge in [-0.25, -0.2) is 0 Å². The van der Waals surface area contributed by atoms with Crippen LogP contribution in [0.25, 0.3) is 0 Å². The third-order valence-electron chi connectivity index (χ3n) is 3.06. The number of halogens is 1. The zero-order chi connectivity index (χ0) is 10.1. The van der Waals surface area contributed by atoms with Crippen molar-refractivity contribution in [3.8, 4) is 5.75 Å². The summed E-state index contributed by atoms with van der Waals surface area (Å²) in [5.74, 6) is 1.55. The highest BCUT2D eigenvalue weighted by atomic mass is 35.5. The maximum atomic E-state index is 6.29. The second kappa shape index (κ2) is 3.82. The van der Waals surface area contributed by atoms with Crippen molar-refractivity contribution in [1.29, 1.82) is 0 Å². The fourth-order valence-electron chi connectivity index (χ4n) is 2.21. The van der Waals surface area contributed by atoms with Gasteiger partial charge in [-0.15, -0.1) is 11.6 Å². The van der Waals surface area contributed by atoms with Crippen LogP contribution in [0, 0.1) is 0 Å². The summed E-state index contributed by atoms with van der Waals surface area (Å²) in [5.41, 5.74) is 2.67. The zero-order valence-electron chi connectivity index (χ0n) is 8.59. The molecule has 2 rings (SSSR count). The van der Waals surface area contributed by atoms with Gasteiger partial charge < -0.3 is 4.74 Å². The summed E-state index contributed by atoms with van der Waals surface area (Å²) in [6.07, 6.45) is 2.24. The Morgan fingerprint density at radius 2 is 2.21 bits per heavy atom. The molecule has 0 radical (unpaired) electrons. The van der Waals surface area contributed by atoms with Gasteiger partial charge in [0.1, 0.15) is 5.75 Å². The molecule has 1 nitrogen and oxygen atoms in total. The van der Waals surface area contributed by atoms with E-state index in [1.54, 1.807) is 7.11 Å². The smallest absolute Gasteiger partial charge is 0.119 e. The molecule has 0 saturated heterocycles. The minimum atomic E-state index is 0.171. The molecule has 0 bridgehead atoms. The predicted octanol–water partition coefficient (Wildman–Crippen LogP) is 3.87. The molecule has 0 heterocycles. The third kappa shape index (κ3) is 1.50. The molecular weight excluding hydrogens is 196 g/mol. The van der Waals surface area contributed by atoms with E-state index in [1.807, 2.05) is 6.07 Å². The first-order valence-corrected chi connectivity index (χ1v) is 5.51. The van der Waals surface area contributed by atoms with Crippen LogP contribution in [0.2, 0.25) is 0 Å². The molecule has 76 valence electrons. The highest BCUT2D eigenvalue weighted by Crippen LogP contribution is 2.46. The monoisotopic (exact) mass is 210 g/mol. The van der Waals surface area contributed by atoms with Crippen LogP contribution in [-0.4, -0.2) is 7.11 Å². The number of fused-ring (bicyclic) bond motifs is 1. The van der Waals surface area contributed by atoms with Crippen molar-refractivity contribution in [2.75, 3.05) is 7.11 Å². The fraction of sp³-hybridized carbons (Fsp3) is 0.500. The molecule has 1 aromatic carbocycles. The summed E-state index contributed by atoms with van der Waals surface area (Å²) in [5, 5.41) is 0.171. The molecule has 1 aliphatic rings. The Labute approximate surface area is 90.0 Å². The van der Waals surface area contributed by atoms with Crippen LogP contribution >= 0.6 is 11.6 Å². The second-order valence-corrected chi connectivity index (χ2v) is 4.33. The third-order valence-corrected chi connectivity index (χ3v) is 3.47. The van der Waals surface area contributed by atoms with Gasteiger partial charge in [-0.1, -0.05) is 13.0 Å². The standard InChI is InChI=1S/C12H15ClO/c1-3-8-6-12(13)11-7-9(14-2)4-5-10(8)11/h4-5,7-8,12H,3,6H2,1-2H3. The van der Waals surface area contributed by atoms with Gasteiger partial charge in [-0.3, -0.25) is 0 Å². The van der Waals surface area contributed by atoms with Crippen LogP contribution in [0.1, 0.15) is 42.2 Å². The quantitative estimate of drug-likeness (QED) is 0.674. The molecule has 0 N–H and O–H groups in total. The normalized spacial score (nSPS) is 24.8. The van der Waals surface area contributed by atoms with Gasteiger partial charge in [0.15, 0.2) is 0 Å². The van der Waals surface area contributed by atoms with Gasteiger partial charge in [0.25, 0.3) is 0 Å². The maximum Gasteiger partial charge on any atom is 0.119 e. The van der Waals surface area contributed by atoms with Crippen molar-refractivity contribution in [1.82, 2.24) is 0 Å². The van der Waals surface area contributed by atoms with E-state index >= 15 is 0 Å². The Balaban J connectivity index is 2.41. The molecule has 0 saturated carbocycles. The minimum absolute atomic E-state index is 0.171. The molecule has 2 unspecified atom stereocenters.